The summed E-state index contributed by atoms with van der Waals surface area (Å²) in [6, 6.07) is 16.6. The minimum atomic E-state index is 0.125. The van der Waals surface area contributed by atoms with Gasteiger partial charge in [-0.2, -0.15) is 11.8 Å². The molecular weight excluding hydrogens is 398 g/mol. The Morgan fingerprint density at radius 3 is 2.53 bits per heavy atom. The number of hydrogen-bond acceptors (Lipinski definition) is 6. The summed E-state index contributed by atoms with van der Waals surface area (Å²) < 4.78 is 10.8. The third-order valence-electron chi connectivity index (χ3n) is 5.36. The highest BCUT2D eigenvalue weighted by molar-refractivity contribution is 7.98. The van der Waals surface area contributed by atoms with E-state index >= 15 is 0 Å². The number of hydrogen-bond donors (Lipinski definition) is 1. The topological polar surface area (TPSA) is 54.0 Å². The van der Waals surface area contributed by atoms with Gasteiger partial charge in [0.2, 0.25) is 12.7 Å². The standard InChI is InChI=1S/C23H29N3O3S/c27-23(24-8-13-30-17-19-4-2-1-3-5-19)16-26-11-9-25(10-12-26)15-20-6-7-21-22(14-20)29-18-28-21/h1-7,14H,8-13,15-18H2,(H,24,27). The molecule has 160 valence electrons. The molecule has 2 aliphatic heterocycles. The van der Waals surface area contributed by atoms with Gasteiger partial charge in [0.15, 0.2) is 11.5 Å². The molecule has 0 unspecified atom stereocenters. The van der Waals surface area contributed by atoms with Crippen molar-refractivity contribution < 1.29 is 14.3 Å². The van der Waals surface area contributed by atoms with Gasteiger partial charge in [-0.05, 0) is 23.3 Å². The van der Waals surface area contributed by atoms with Gasteiger partial charge in [0.25, 0.3) is 0 Å². The van der Waals surface area contributed by atoms with Crippen molar-refractivity contribution in [2.75, 3.05) is 51.8 Å². The summed E-state index contributed by atoms with van der Waals surface area (Å²) in [5, 5.41) is 3.05. The lowest BCUT2D eigenvalue weighted by atomic mass is 10.1. The Kier molecular flexibility index (Phi) is 7.50. The molecular formula is C23H29N3O3S. The van der Waals surface area contributed by atoms with Gasteiger partial charge >= 0.3 is 0 Å². The second-order valence-electron chi connectivity index (χ2n) is 7.63. The molecule has 0 bridgehead atoms. The summed E-state index contributed by atoms with van der Waals surface area (Å²) in [6.45, 7) is 6.19. The number of rotatable bonds is 9. The van der Waals surface area contributed by atoms with Crippen LogP contribution in [0.3, 0.4) is 0 Å². The zero-order chi connectivity index (χ0) is 20.6. The zero-order valence-electron chi connectivity index (χ0n) is 17.2. The predicted molar refractivity (Wildman–Crippen MR) is 120 cm³/mol. The number of amides is 1. The number of thioether (sulfide) groups is 1. The molecule has 0 aromatic heterocycles. The number of carbonyl (C=O) groups is 1. The first-order chi connectivity index (χ1) is 14.8. The molecule has 2 aromatic rings. The van der Waals surface area contributed by atoms with Crippen LogP contribution in [0.1, 0.15) is 11.1 Å². The lowest BCUT2D eigenvalue weighted by Gasteiger charge is -2.34. The van der Waals surface area contributed by atoms with Crippen molar-refractivity contribution in [3.63, 3.8) is 0 Å². The molecule has 2 aromatic carbocycles. The number of carbonyl (C=O) groups excluding carboxylic acids is 1. The van der Waals surface area contributed by atoms with Crippen LogP contribution in [0.15, 0.2) is 48.5 Å². The highest BCUT2D eigenvalue weighted by Gasteiger charge is 2.20. The van der Waals surface area contributed by atoms with Crippen LogP contribution in [0.4, 0.5) is 0 Å². The van der Waals surface area contributed by atoms with Crippen LogP contribution in [0, 0.1) is 0 Å². The van der Waals surface area contributed by atoms with Crippen LogP contribution in [-0.2, 0) is 17.1 Å². The molecule has 0 aliphatic carbocycles. The van der Waals surface area contributed by atoms with Crippen molar-refractivity contribution in [1.82, 2.24) is 15.1 Å². The normalized spacial score (nSPS) is 16.5. The van der Waals surface area contributed by atoms with E-state index in [0.29, 0.717) is 13.3 Å². The van der Waals surface area contributed by atoms with E-state index in [0.717, 1.165) is 62.3 Å². The van der Waals surface area contributed by atoms with Crippen molar-refractivity contribution in [2.24, 2.45) is 0 Å². The Morgan fingerprint density at radius 2 is 1.70 bits per heavy atom. The van der Waals surface area contributed by atoms with Gasteiger partial charge in [-0.3, -0.25) is 14.6 Å². The van der Waals surface area contributed by atoms with E-state index in [-0.39, 0.29) is 5.91 Å². The van der Waals surface area contributed by atoms with E-state index in [9.17, 15) is 4.79 Å². The minimum absolute atomic E-state index is 0.125. The van der Waals surface area contributed by atoms with E-state index in [2.05, 4.69) is 51.5 Å². The average molecular weight is 428 g/mol. The summed E-state index contributed by atoms with van der Waals surface area (Å²) in [5.41, 5.74) is 2.56. The first-order valence-corrected chi connectivity index (χ1v) is 11.6. The summed E-state index contributed by atoms with van der Waals surface area (Å²) in [6.07, 6.45) is 0. The molecule has 2 aliphatic rings. The molecule has 2 heterocycles. The number of piperazine rings is 1. The third-order valence-corrected chi connectivity index (χ3v) is 6.39. The van der Waals surface area contributed by atoms with Crippen LogP contribution in [0.25, 0.3) is 0 Å². The minimum Gasteiger partial charge on any atom is -0.454 e. The second-order valence-corrected chi connectivity index (χ2v) is 8.73. The fraction of sp³-hybridized carbons (Fsp3) is 0.435. The summed E-state index contributed by atoms with van der Waals surface area (Å²) in [5.74, 6) is 3.71. The molecule has 1 N–H and O–H groups in total. The molecule has 1 saturated heterocycles. The Hall–Kier alpha value is -2.22. The fourth-order valence-corrected chi connectivity index (χ4v) is 4.51. The van der Waals surface area contributed by atoms with Crippen LogP contribution in [0.5, 0.6) is 11.5 Å². The van der Waals surface area contributed by atoms with E-state index < -0.39 is 0 Å². The summed E-state index contributed by atoms with van der Waals surface area (Å²) in [4.78, 5) is 16.9. The monoisotopic (exact) mass is 427 g/mol. The smallest absolute Gasteiger partial charge is 0.234 e. The number of nitrogens with zero attached hydrogens (tertiary/aromatic N) is 2. The Morgan fingerprint density at radius 1 is 0.933 bits per heavy atom. The van der Waals surface area contributed by atoms with Gasteiger partial charge < -0.3 is 14.8 Å². The number of benzene rings is 2. The highest BCUT2D eigenvalue weighted by atomic mass is 32.2. The molecule has 30 heavy (non-hydrogen) atoms. The van der Waals surface area contributed by atoms with Gasteiger partial charge in [-0.1, -0.05) is 36.4 Å². The number of nitrogens with one attached hydrogen (secondary N) is 1. The van der Waals surface area contributed by atoms with Gasteiger partial charge in [0.1, 0.15) is 0 Å². The van der Waals surface area contributed by atoms with Gasteiger partial charge in [-0.15, -0.1) is 0 Å². The predicted octanol–water partition coefficient (Wildman–Crippen LogP) is 2.58. The average Bonchev–Trinajstić information content (AvgIpc) is 3.23. The molecule has 0 radical (unpaired) electrons. The first kappa shape index (κ1) is 21.0. The summed E-state index contributed by atoms with van der Waals surface area (Å²) >= 11 is 1.85. The maximum absolute atomic E-state index is 12.2. The van der Waals surface area contributed by atoms with Crippen molar-refractivity contribution in [2.45, 2.75) is 12.3 Å². The molecule has 1 amide bonds. The number of ether oxygens (including phenoxy) is 2. The van der Waals surface area contributed by atoms with Crippen molar-refractivity contribution in [3.8, 4) is 11.5 Å². The fourth-order valence-electron chi connectivity index (χ4n) is 3.69. The maximum atomic E-state index is 12.2. The molecule has 0 saturated carbocycles. The van der Waals surface area contributed by atoms with Gasteiger partial charge in [0, 0.05) is 50.8 Å². The van der Waals surface area contributed by atoms with Gasteiger partial charge in [0.05, 0.1) is 6.54 Å². The van der Waals surface area contributed by atoms with E-state index in [1.54, 1.807) is 0 Å². The van der Waals surface area contributed by atoms with E-state index in [1.807, 2.05) is 23.9 Å². The Labute approximate surface area is 182 Å². The summed E-state index contributed by atoms with van der Waals surface area (Å²) in [7, 11) is 0. The van der Waals surface area contributed by atoms with E-state index in [1.165, 1.54) is 11.1 Å². The van der Waals surface area contributed by atoms with Crippen molar-refractivity contribution >= 4 is 17.7 Å². The van der Waals surface area contributed by atoms with Crippen LogP contribution >= 0.6 is 11.8 Å². The number of fused-ring (bicyclic) bond motifs is 1. The van der Waals surface area contributed by atoms with Crippen molar-refractivity contribution in [3.05, 3.63) is 59.7 Å². The highest BCUT2D eigenvalue weighted by Crippen LogP contribution is 2.32. The largest absolute Gasteiger partial charge is 0.454 e. The molecule has 4 rings (SSSR count). The zero-order valence-corrected chi connectivity index (χ0v) is 18.0. The Bertz CT molecular complexity index is 826. The lowest BCUT2D eigenvalue weighted by Crippen LogP contribution is -2.49. The van der Waals surface area contributed by atoms with Crippen molar-refractivity contribution in [1.29, 1.82) is 0 Å². The van der Waals surface area contributed by atoms with Crippen LogP contribution < -0.4 is 14.8 Å². The van der Waals surface area contributed by atoms with Gasteiger partial charge in [-0.25, -0.2) is 0 Å². The first-order valence-electron chi connectivity index (χ1n) is 10.5. The molecule has 0 spiro atoms. The third kappa shape index (κ3) is 6.14. The SMILES string of the molecule is O=C(CN1CCN(Cc2ccc3c(c2)OCO3)CC1)NCCSCc1ccccc1. The molecule has 7 heteroatoms. The molecule has 0 atom stereocenters. The van der Waals surface area contributed by atoms with Crippen LogP contribution in [-0.4, -0.2) is 67.5 Å². The van der Waals surface area contributed by atoms with E-state index in [4.69, 9.17) is 9.47 Å². The second kappa shape index (κ2) is 10.7. The lowest BCUT2D eigenvalue weighted by molar-refractivity contribution is -0.122. The van der Waals surface area contributed by atoms with Crippen LogP contribution in [0.2, 0.25) is 0 Å². The Balaban J connectivity index is 1.09. The quantitative estimate of drug-likeness (QED) is 0.621. The molecule has 1 fully saturated rings. The maximum Gasteiger partial charge on any atom is 0.234 e. The molecule has 6 nitrogen and oxygen atoms in total.